The van der Waals surface area contributed by atoms with Crippen molar-refractivity contribution in [2.75, 3.05) is 13.2 Å². The maximum absolute atomic E-state index is 14.0. The lowest BCUT2D eigenvalue weighted by atomic mass is 9.36. The normalized spacial score (nSPS) is 50.3. The van der Waals surface area contributed by atoms with Crippen molar-refractivity contribution in [1.29, 1.82) is 0 Å². The highest BCUT2D eigenvalue weighted by atomic mass is 35.5. The molecule has 8 aliphatic carbocycles. The van der Waals surface area contributed by atoms with Crippen molar-refractivity contribution in [2.45, 2.75) is 115 Å². The van der Waals surface area contributed by atoms with Crippen LogP contribution in [-0.4, -0.2) is 109 Å². The Balaban J connectivity index is 0.000000152. The fraction of sp³-hybridized carbons (Fsp3) is 0.696. The van der Waals surface area contributed by atoms with Crippen molar-refractivity contribution >= 4 is 40.7 Å². The number of Topliss-reactive ketones (excluding diaryl/α,β-unsaturated/α-hetero) is 4. The summed E-state index contributed by atoms with van der Waals surface area (Å²) in [6.07, 6.45) is 0.0115. The third-order valence-electron chi connectivity index (χ3n) is 18.5. The number of aliphatic hydroxyl groups excluding tert-OH is 3. The molecule has 14 nitrogen and oxygen atoms in total. The van der Waals surface area contributed by atoms with Gasteiger partial charge in [-0.25, -0.2) is 9.78 Å². The molecule has 61 heavy (non-hydrogen) atoms. The van der Waals surface area contributed by atoms with Gasteiger partial charge in [0.25, 0.3) is 0 Å². The Bertz CT molecular complexity index is 2260. The summed E-state index contributed by atoms with van der Waals surface area (Å²) in [6.45, 7) is 15.7. The van der Waals surface area contributed by atoms with Gasteiger partial charge in [0.05, 0.1) is 35.7 Å². The zero-order valence-electron chi connectivity index (χ0n) is 34.8. The maximum atomic E-state index is 14.0. The molecule has 328 valence electrons. The average molecular weight is 864 g/mol. The summed E-state index contributed by atoms with van der Waals surface area (Å²) in [5, 5.41) is 57.7. The highest BCUT2D eigenvalue weighted by molar-refractivity contribution is 6.32. The minimum Gasteiger partial charge on any atom is -0.457 e. The zero-order valence-corrected chi connectivity index (χ0v) is 35.6. The van der Waals surface area contributed by atoms with Crippen LogP contribution in [0.5, 0.6) is 0 Å². The molecule has 8 saturated carbocycles. The number of ketones is 4. The third-order valence-corrected chi connectivity index (χ3v) is 18.8. The number of ether oxygens (including phenoxy) is 3. The van der Waals surface area contributed by atoms with Crippen LogP contribution in [-0.2, 0) is 33.4 Å². The third kappa shape index (κ3) is 4.36. The molecule has 5 N–H and O–H groups in total. The number of aliphatic hydroxyl groups is 5. The summed E-state index contributed by atoms with van der Waals surface area (Å²) >= 11 is 6.12. The Morgan fingerprint density at radius 1 is 0.754 bits per heavy atom. The lowest BCUT2D eigenvalue weighted by Crippen LogP contribution is -2.85. The summed E-state index contributed by atoms with van der Waals surface area (Å²) in [5.74, 6) is -9.67. The number of esters is 1. The lowest BCUT2D eigenvalue weighted by Gasteiger charge is -2.72. The first-order valence-electron chi connectivity index (χ1n) is 21.6. The molecular formula is C46H54ClNO13. The second-order valence-electron chi connectivity index (χ2n) is 21.3. The quantitative estimate of drug-likeness (QED) is 0.164. The van der Waals surface area contributed by atoms with Crippen molar-refractivity contribution < 1.29 is 63.7 Å². The van der Waals surface area contributed by atoms with Crippen LogP contribution in [0.4, 0.5) is 0 Å². The topological polar surface area (TPSA) is 227 Å². The SMILES string of the molecule is C=C1C(=O)C23[C@H](O)C1CC[C@H]2C12CO[C@@]3(O)[C@@H](O)[C@@H]1C(C)(C)CCC2=O.C=C1C(=O)[C@]23[C@H](OC(=O)c4cccnc4Cl)[C@H]1CC[C@H]2C12CO[C@@]3(O)[C@@H](O)[C@@H]1C(C)(C)CCC2=O. The van der Waals surface area contributed by atoms with Crippen LogP contribution < -0.4 is 0 Å². The number of halogens is 1. The van der Waals surface area contributed by atoms with Gasteiger partial charge >= 0.3 is 5.97 Å². The van der Waals surface area contributed by atoms with Gasteiger partial charge in [-0.05, 0) is 84.5 Å². The number of pyridine rings is 1. The smallest absolute Gasteiger partial charge is 0.341 e. The lowest BCUT2D eigenvalue weighted by molar-refractivity contribution is -0.437. The number of nitrogens with zero attached hydrogens (tertiary/aromatic N) is 1. The first-order valence-corrected chi connectivity index (χ1v) is 22.0. The fourth-order valence-electron chi connectivity index (χ4n) is 16.1. The van der Waals surface area contributed by atoms with E-state index in [1.54, 1.807) is 6.07 Å². The Labute approximate surface area is 358 Å². The van der Waals surface area contributed by atoms with Gasteiger partial charge < -0.3 is 39.7 Å². The number of hydrogen-bond acceptors (Lipinski definition) is 14. The number of hydrogen-bond donors (Lipinski definition) is 5. The Hall–Kier alpha value is -3.21. The molecule has 12 fully saturated rings. The molecule has 12 aliphatic rings. The molecule has 1 aromatic rings. The highest BCUT2D eigenvalue weighted by Gasteiger charge is 2.89. The molecule has 0 aromatic carbocycles. The number of carbonyl (C=O) groups is 5. The van der Waals surface area contributed by atoms with Crippen molar-refractivity contribution in [3.05, 3.63) is 53.4 Å². The molecule has 0 radical (unpaired) electrons. The van der Waals surface area contributed by atoms with Gasteiger partial charge in [0.1, 0.15) is 45.9 Å². The minimum atomic E-state index is -2.34. The summed E-state index contributed by atoms with van der Waals surface area (Å²) in [6, 6.07) is 3.00. The van der Waals surface area contributed by atoms with Crippen LogP contribution in [0.2, 0.25) is 5.15 Å². The first kappa shape index (κ1) is 41.8. The van der Waals surface area contributed by atoms with E-state index in [0.717, 1.165) is 0 Å². The molecule has 1 aromatic heterocycles. The van der Waals surface area contributed by atoms with Crippen molar-refractivity contribution in [1.82, 2.24) is 4.98 Å². The van der Waals surface area contributed by atoms with Gasteiger partial charge in [0.15, 0.2) is 11.6 Å². The average Bonchev–Trinajstić information content (AvgIpc) is 3.38. The van der Waals surface area contributed by atoms with Crippen LogP contribution in [0.3, 0.4) is 0 Å². The van der Waals surface area contributed by atoms with Gasteiger partial charge in [-0.2, -0.15) is 0 Å². The standard InChI is InChI=1S/C26H28ClNO7.C20H26O6/c1-12-13-6-7-15-24-11-34-26(33,19(31)17(24)23(2,3)9-8-16(24)29)25(15,18(12)30)20(13)35-22(32)14-5-4-10-28-21(14)27;1-9-10-4-5-11-18-8-26-20(25,19(11,14(9)22)15(10)23)16(24)13(18)17(2,3)7-6-12(18)21/h4-5,10,13,15,17,19-20,31,33H,1,6-9,11H2,2-3H3;10-11,13,15-16,23-25H,1,4-8H2,2-3H3/t13-,15-,17+,19-,20+,24?,25-,26-;10?,11-,13+,15+,16-,18?,19?,20-/m00/s1. The molecule has 5 heterocycles. The second-order valence-corrected chi connectivity index (χ2v) is 21.6. The molecule has 0 amide bonds. The summed E-state index contributed by atoms with van der Waals surface area (Å²) in [7, 11) is 0. The van der Waals surface area contributed by atoms with Crippen LogP contribution in [0, 0.1) is 68.0 Å². The van der Waals surface area contributed by atoms with Crippen molar-refractivity contribution in [2.24, 2.45) is 68.0 Å². The van der Waals surface area contributed by atoms with E-state index in [2.05, 4.69) is 18.1 Å². The van der Waals surface area contributed by atoms with E-state index in [4.69, 9.17) is 25.8 Å². The first-order chi connectivity index (χ1) is 28.5. The summed E-state index contributed by atoms with van der Waals surface area (Å²) < 4.78 is 17.7. The Kier molecular flexibility index (Phi) is 8.58. The maximum Gasteiger partial charge on any atom is 0.341 e. The van der Waals surface area contributed by atoms with Crippen molar-refractivity contribution in [3.8, 4) is 0 Å². The number of aromatic nitrogens is 1. The van der Waals surface area contributed by atoms with E-state index in [9.17, 15) is 49.5 Å². The zero-order chi connectivity index (χ0) is 44.0. The minimum absolute atomic E-state index is 0.00293. The highest BCUT2D eigenvalue weighted by Crippen LogP contribution is 2.78. The number of carbonyl (C=O) groups excluding carboxylic acids is 5. The number of fused-ring (bicyclic) bond motifs is 4. The van der Waals surface area contributed by atoms with Crippen LogP contribution in [0.15, 0.2) is 42.6 Å². The van der Waals surface area contributed by atoms with Crippen LogP contribution in [0.25, 0.3) is 0 Å². The van der Waals surface area contributed by atoms with Gasteiger partial charge in [-0.15, -0.1) is 0 Å². The van der Waals surface area contributed by atoms with E-state index in [0.29, 0.717) is 51.4 Å². The van der Waals surface area contributed by atoms with Crippen LogP contribution >= 0.6 is 11.6 Å². The molecule has 4 unspecified atom stereocenters. The molecule has 4 aliphatic heterocycles. The number of rotatable bonds is 2. The Morgan fingerprint density at radius 3 is 1.77 bits per heavy atom. The molecule has 4 saturated heterocycles. The van der Waals surface area contributed by atoms with Gasteiger partial charge in [-0.3, -0.25) is 19.2 Å². The second kappa shape index (κ2) is 12.5. The molecule has 15 heteroatoms. The predicted molar refractivity (Wildman–Crippen MR) is 212 cm³/mol. The largest absolute Gasteiger partial charge is 0.457 e. The van der Waals surface area contributed by atoms with Crippen LogP contribution in [0.1, 0.15) is 89.4 Å². The van der Waals surface area contributed by atoms with E-state index >= 15 is 0 Å². The van der Waals surface area contributed by atoms with Gasteiger partial charge in [0.2, 0.25) is 11.6 Å². The summed E-state index contributed by atoms with van der Waals surface area (Å²) in [4.78, 5) is 71.5. The molecule has 8 bridgehead atoms. The molecule has 4 spiro atoms. The molecular weight excluding hydrogens is 810 g/mol. The fourth-order valence-corrected chi connectivity index (χ4v) is 16.3. The van der Waals surface area contributed by atoms with Gasteiger partial charge in [0, 0.05) is 42.7 Å². The summed E-state index contributed by atoms with van der Waals surface area (Å²) in [5.41, 5.74) is -6.08. The van der Waals surface area contributed by atoms with E-state index < -0.39 is 116 Å². The molecule has 13 rings (SSSR count). The van der Waals surface area contributed by atoms with E-state index in [1.165, 1.54) is 12.3 Å². The molecule has 16 atom stereocenters. The van der Waals surface area contributed by atoms with E-state index in [1.807, 2.05) is 27.7 Å². The predicted octanol–water partition coefficient (Wildman–Crippen LogP) is 3.08. The van der Waals surface area contributed by atoms with Gasteiger partial charge in [-0.1, -0.05) is 52.5 Å². The Morgan fingerprint density at radius 2 is 1.23 bits per heavy atom. The van der Waals surface area contributed by atoms with Crippen molar-refractivity contribution in [3.63, 3.8) is 0 Å². The van der Waals surface area contributed by atoms with E-state index in [-0.39, 0.29) is 52.1 Å². The monoisotopic (exact) mass is 863 g/mol.